The van der Waals surface area contributed by atoms with E-state index in [0.29, 0.717) is 0 Å². The molecule has 0 heterocycles. The first kappa shape index (κ1) is 25.9. The first-order chi connectivity index (χ1) is 9.39. The van der Waals surface area contributed by atoms with Crippen LogP contribution in [-0.4, -0.2) is 39.3 Å². The van der Waals surface area contributed by atoms with E-state index in [9.17, 15) is 62.0 Å². The van der Waals surface area contributed by atoms with Gasteiger partial charge in [0.1, 0.15) is 11.9 Å². The molecule has 0 aromatic heterocycles. The minimum absolute atomic E-state index is 1.56. The van der Waals surface area contributed by atoms with Crippen molar-refractivity contribution in [1.29, 1.82) is 0 Å². The summed E-state index contributed by atoms with van der Waals surface area (Å²) in [4.78, 5) is 18.4. The molecule has 0 amide bonds. The van der Waals surface area contributed by atoms with Gasteiger partial charge in [0.2, 0.25) is 0 Å². The number of halogens is 6. The van der Waals surface area contributed by atoms with Crippen molar-refractivity contribution in [2.45, 2.75) is 16.3 Å². The van der Waals surface area contributed by atoms with Gasteiger partial charge in [-0.25, -0.2) is 0 Å². The Bertz CT molecular complexity index is 545. The van der Waals surface area contributed by atoms with Gasteiger partial charge < -0.3 is 19.8 Å². The molecule has 0 aliphatic heterocycles. The van der Waals surface area contributed by atoms with E-state index in [-0.39, 0.29) is 0 Å². The SMILES string of the molecule is O=C([O-])C(F)(F)S(=O)(=O)F.O=C([O-])C(F)(F)S(=O)(=O)F.[CH3][Cu+2]. The first-order valence-electron chi connectivity index (χ1n) is 3.76. The zero-order valence-electron chi connectivity index (χ0n) is 9.65. The van der Waals surface area contributed by atoms with Crippen LogP contribution in [0.2, 0.25) is 5.82 Å². The van der Waals surface area contributed by atoms with Crippen molar-refractivity contribution in [1.82, 2.24) is 0 Å². The second-order valence-corrected chi connectivity index (χ2v) is 5.26. The normalized spacial score (nSPS) is 12.2. The van der Waals surface area contributed by atoms with Crippen LogP contribution in [0.5, 0.6) is 0 Å². The Morgan fingerprint density at radius 2 is 0.909 bits per heavy atom. The monoisotopic (exact) mass is 432 g/mol. The number of rotatable bonds is 4. The summed E-state index contributed by atoms with van der Waals surface area (Å²) >= 11 is 4.19. The van der Waals surface area contributed by atoms with Crippen molar-refractivity contribution < 1.29 is 78.0 Å². The number of carboxylic acid groups (broad SMARTS) is 2. The molecule has 0 bridgehead atoms. The molecule has 0 rings (SSSR count). The maximum atomic E-state index is 11.4. The molecule has 0 atom stereocenters. The van der Waals surface area contributed by atoms with Crippen LogP contribution >= 0.6 is 0 Å². The van der Waals surface area contributed by atoms with E-state index in [4.69, 9.17) is 0 Å². The van der Waals surface area contributed by atoms with Gasteiger partial charge in [0.15, 0.2) is 0 Å². The van der Waals surface area contributed by atoms with E-state index >= 15 is 0 Å². The van der Waals surface area contributed by atoms with Gasteiger partial charge in [-0.3, -0.25) is 0 Å². The number of hydrogen-bond acceptors (Lipinski definition) is 8. The van der Waals surface area contributed by atoms with Crippen LogP contribution in [0.15, 0.2) is 0 Å². The third kappa shape index (κ3) is 7.28. The summed E-state index contributed by atoms with van der Waals surface area (Å²) in [7, 11) is -12.8. The van der Waals surface area contributed by atoms with E-state index in [1.54, 1.807) is 5.82 Å². The number of carboxylic acids is 2. The topological polar surface area (TPSA) is 149 Å². The van der Waals surface area contributed by atoms with E-state index in [0.717, 1.165) is 0 Å². The predicted octanol–water partition coefficient (Wildman–Crippen LogP) is -2.16. The summed E-state index contributed by atoms with van der Waals surface area (Å²) < 4.78 is 105. The number of aliphatic carboxylic acids is 2. The molecule has 0 saturated carbocycles. The van der Waals surface area contributed by atoms with E-state index in [2.05, 4.69) is 16.0 Å². The predicted molar refractivity (Wildman–Crippen MR) is 45.8 cm³/mol. The molecule has 22 heavy (non-hydrogen) atoms. The maximum absolute atomic E-state index is 11.4. The Morgan fingerprint density at radius 3 is 0.909 bits per heavy atom. The molecule has 17 heteroatoms. The van der Waals surface area contributed by atoms with Crippen LogP contribution in [0.1, 0.15) is 0 Å². The van der Waals surface area contributed by atoms with Crippen molar-refractivity contribution in [2.24, 2.45) is 0 Å². The molecule has 0 aromatic rings. The van der Waals surface area contributed by atoms with Gasteiger partial charge >= 0.3 is 52.8 Å². The Balaban J connectivity index is -0.000000294. The van der Waals surface area contributed by atoms with Gasteiger partial charge in [0.05, 0.1) is 0 Å². The molecule has 0 unspecified atom stereocenters. The fourth-order valence-electron chi connectivity index (χ4n) is 0.199. The van der Waals surface area contributed by atoms with Crippen molar-refractivity contribution in [2.75, 3.05) is 0 Å². The first-order valence-corrected chi connectivity index (χ1v) is 7.47. The zero-order valence-corrected chi connectivity index (χ0v) is 12.2. The third-order valence-electron chi connectivity index (χ3n) is 1.09. The molecule has 0 aliphatic rings. The summed E-state index contributed by atoms with van der Waals surface area (Å²) in [5.74, 6) is -5.00. The van der Waals surface area contributed by atoms with Crippen LogP contribution < -0.4 is 10.2 Å². The standard InChI is InChI=1S/2C2HF3O4S.CH3.Cu/c2*3-2(4,1(6)7)10(5,8)9;;/h2*(H,6,7);1H3;/q;;;+2/p-2. The molecule has 0 saturated heterocycles. The van der Waals surface area contributed by atoms with Crippen molar-refractivity contribution in [3.63, 3.8) is 0 Å². The average molecular weight is 433 g/mol. The van der Waals surface area contributed by atoms with Gasteiger partial charge in [-0.15, -0.1) is 0 Å². The fraction of sp³-hybridized carbons (Fsp3) is 0.600. The molecule has 0 fully saturated rings. The molecule has 0 spiro atoms. The van der Waals surface area contributed by atoms with Crippen LogP contribution in [0.3, 0.4) is 0 Å². The van der Waals surface area contributed by atoms with Gasteiger partial charge in [-0.1, -0.05) is 7.77 Å². The number of hydrogen-bond donors (Lipinski definition) is 0. The molecule has 0 radical (unpaired) electrons. The van der Waals surface area contributed by atoms with E-state index in [1.807, 2.05) is 0 Å². The van der Waals surface area contributed by atoms with Gasteiger partial charge in [-0.2, -0.15) is 34.4 Å². The molecule has 0 N–H and O–H groups in total. The Kier molecular flexibility index (Phi) is 10.0. The van der Waals surface area contributed by atoms with Crippen LogP contribution in [0.4, 0.5) is 25.3 Å². The van der Waals surface area contributed by atoms with Crippen molar-refractivity contribution in [3.8, 4) is 0 Å². The molecular formula is C5H3CuF6O8S2. The van der Waals surface area contributed by atoms with Gasteiger partial charge in [0, 0.05) is 0 Å². The number of alkyl halides is 4. The molecule has 136 valence electrons. The summed E-state index contributed by atoms with van der Waals surface area (Å²) in [6.07, 6.45) is 0. The summed E-state index contributed by atoms with van der Waals surface area (Å²) in [5.41, 5.74) is 0. The second kappa shape index (κ2) is 8.54. The molecule has 8 nitrogen and oxygen atoms in total. The van der Waals surface area contributed by atoms with Gasteiger partial charge in [-0.05, 0) is 0 Å². The molecule has 0 aliphatic carbocycles. The van der Waals surface area contributed by atoms with Crippen molar-refractivity contribution in [3.05, 3.63) is 0 Å². The number of carbonyl (C=O) groups excluding carboxylic acids is 2. The summed E-state index contributed by atoms with van der Waals surface area (Å²) in [5, 5.41) is 7.47. The van der Waals surface area contributed by atoms with E-state index < -0.39 is 42.9 Å². The summed E-state index contributed by atoms with van der Waals surface area (Å²) in [6.45, 7) is 0. The quantitative estimate of drug-likeness (QED) is 0.277. The minimum atomic E-state index is -6.40. The summed E-state index contributed by atoms with van der Waals surface area (Å²) in [6, 6.07) is 0. The number of carbonyl (C=O) groups is 2. The van der Waals surface area contributed by atoms with Gasteiger partial charge in [0.25, 0.3) is 0 Å². The van der Waals surface area contributed by atoms with Crippen molar-refractivity contribution >= 4 is 32.4 Å². The van der Waals surface area contributed by atoms with Crippen LogP contribution in [0.25, 0.3) is 0 Å². The Morgan fingerprint density at radius 1 is 0.773 bits per heavy atom. The molecular weight excluding hydrogens is 430 g/mol. The zero-order chi connectivity index (χ0) is 19.2. The Labute approximate surface area is 127 Å². The Hall–Kier alpha value is -1.06. The average Bonchev–Trinajstić information content (AvgIpc) is 2.29. The fourth-order valence-corrected chi connectivity index (χ4v) is 0.597. The third-order valence-corrected chi connectivity index (χ3v) is 2.65. The van der Waals surface area contributed by atoms with Crippen LogP contribution in [0, 0.1) is 0 Å². The van der Waals surface area contributed by atoms with Crippen LogP contribution in [-0.2, 0) is 46.0 Å². The van der Waals surface area contributed by atoms with E-state index in [1.165, 1.54) is 0 Å². The second-order valence-electron chi connectivity index (χ2n) is 2.48. The molecule has 0 aromatic carbocycles.